The molecular formula is C13H17ClN2O3S. The summed E-state index contributed by atoms with van der Waals surface area (Å²) in [6.45, 7) is 2.77. The van der Waals surface area contributed by atoms with Gasteiger partial charge in [-0.2, -0.15) is 0 Å². The van der Waals surface area contributed by atoms with E-state index >= 15 is 0 Å². The van der Waals surface area contributed by atoms with Crippen molar-refractivity contribution in [3.8, 4) is 0 Å². The Balaban J connectivity index is 1.92. The molecule has 2 unspecified atom stereocenters. The quantitative estimate of drug-likeness (QED) is 0.900. The van der Waals surface area contributed by atoms with Gasteiger partial charge in [0.05, 0.1) is 16.3 Å². The van der Waals surface area contributed by atoms with E-state index in [1.807, 2.05) is 13.0 Å². The molecule has 1 aliphatic heterocycles. The number of carbonyl (C=O) groups is 2. The number of piperidine rings is 1. The van der Waals surface area contributed by atoms with Crippen LogP contribution in [0.25, 0.3) is 0 Å². The maximum atomic E-state index is 12.2. The fourth-order valence-electron chi connectivity index (χ4n) is 2.27. The Labute approximate surface area is 126 Å². The molecule has 2 amide bonds. The maximum absolute atomic E-state index is 12.2. The van der Waals surface area contributed by atoms with Gasteiger partial charge < -0.3 is 15.3 Å². The molecule has 0 aliphatic carbocycles. The standard InChI is InChI=1S/C13H17ClN2O3S/c1-8(10-4-5-11(14)20-10)15-13(19)16-6-2-3-9(7-16)12(17)18/h4-5,8-9H,2-3,6-7H2,1H3,(H,15,19)(H,17,18). The topological polar surface area (TPSA) is 69.6 Å². The van der Waals surface area contributed by atoms with Gasteiger partial charge >= 0.3 is 12.0 Å². The molecule has 0 spiro atoms. The van der Waals surface area contributed by atoms with E-state index in [2.05, 4.69) is 5.32 Å². The molecule has 110 valence electrons. The zero-order valence-corrected chi connectivity index (χ0v) is 12.7. The van der Waals surface area contributed by atoms with Crippen LogP contribution in [0.1, 0.15) is 30.7 Å². The number of carbonyl (C=O) groups excluding carboxylic acids is 1. The van der Waals surface area contributed by atoms with Gasteiger partial charge in [-0.25, -0.2) is 4.79 Å². The Morgan fingerprint density at radius 2 is 2.30 bits per heavy atom. The average Bonchev–Trinajstić information content (AvgIpc) is 2.85. The van der Waals surface area contributed by atoms with Crippen LogP contribution in [-0.2, 0) is 4.79 Å². The number of thiophene rings is 1. The predicted molar refractivity (Wildman–Crippen MR) is 78.2 cm³/mol. The van der Waals surface area contributed by atoms with Crippen LogP contribution >= 0.6 is 22.9 Å². The van der Waals surface area contributed by atoms with Gasteiger partial charge in [-0.3, -0.25) is 4.79 Å². The summed E-state index contributed by atoms with van der Waals surface area (Å²) in [7, 11) is 0. The van der Waals surface area contributed by atoms with Crippen molar-refractivity contribution in [3.63, 3.8) is 0 Å². The number of nitrogens with zero attached hydrogens (tertiary/aromatic N) is 1. The number of hydrogen-bond donors (Lipinski definition) is 2. The highest BCUT2D eigenvalue weighted by Crippen LogP contribution is 2.27. The van der Waals surface area contributed by atoms with Crippen LogP contribution in [0.5, 0.6) is 0 Å². The molecule has 2 heterocycles. The minimum Gasteiger partial charge on any atom is -0.481 e. The van der Waals surface area contributed by atoms with Crippen molar-refractivity contribution in [2.45, 2.75) is 25.8 Å². The van der Waals surface area contributed by atoms with Crippen LogP contribution in [0.4, 0.5) is 4.79 Å². The van der Waals surface area contributed by atoms with Crippen molar-refractivity contribution in [3.05, 3.63) is 21.3 Å². The number of aliphatic carboxylic acids is 1. The molecule has 7 heteroatoms. The van der Waals surface area contributed by atoms with Gasteiger partial charge in [0.2, 0.25) is 0 Å². The second kappa shape index (κ2) is 6.45. The number of carboxylic acids is 1. The fraction of sp³-hybridized carbons (Fsp3) is 0.538. The van der Waals surface area contributed by atoms with E-state index in [0.29, 0.717) is 17.3 Å². The number of amides is 2. The summed E-state index contributed by atoms with van der Waals surface area (Å²) < 4.78 is 0.685. The summed E-state index contributed by atoms with van der Waals surface area (Å²) in [5, 5.41) is 11.9. The van der Waals surface area contributed by atoms with E-state index in [1.165, 1.54) is 11.3 Å². The largest absolute Gasteiger partial charge is 0.481 e. The lowest BCUT2D eigenvalue weighted by atomic mass is 9.99. The monoisotopic (exact) mass is 316 g/mol. The number of halogens is 1. The van der Waals surface area contributed by atoms with Crippen molar-refractivity contribution < 1.29 is 14.7 Å². The maximum Gasteiger partial charge on any atom is 0.317 e. The molecule has 0 aromatic carbocycles. The molecule has 1 saturated heterocycles. The van der Waals surface area contributed by atoms with Crippen LogP contribution in [0.3, 0.4) is 0 Å². The van der Waals surface area contributed by atoms with E-state index in [-0.39, 0.29) is 18.6 Å². The van der Waals surface area contributed by atoms with Crippen molar-refractivity contribution in [1.82, 2.24) is 10.2 Å². The van der Waals surface area contributed by atoms with Gasteiger partial charge in [0, 0.05) is 18.0 Å². The van der Waals surface area contributed by atoms with E-state index in [0.717, 1.165) is 11.3 Å². The summed E-state index contributed by atoms with van der Waals surface area (Å²) in [6, 6.07) is 3.33. The van der Waals surface area contributed by atoms with Gasteiger partial charge in [0.15, 0.2) is 0 Å². The smallest absolute Gasteiger partial charge is 0.317 e. The van der Waals surface area contributed by atoms with Gasteiger partial charge in [0.1, 0.15) is 0 Å². The first-order valence-corrected chi connectivity index (χ1v) is 7.70. The molecular weight excluding hydrogens is 300 g/mol. The Hall–Kier alpha value is -1.27. The molecule has 2 atom stereocenters. The Bertz CT molecular complexity index is 506. The number of hydrogen-bond acceptors (Lipinski definition) is 3. The number of carboxylic acid groups (broad SMARTS) is 1. The molecule has 5 nitrogen and oxygen atoms in total. The van der Waals surface area contributed by atoms with E-state index in [4.69, 9.17) is 16.7 Å². The van der Waals surface area contributed by atoms with Crippen LogP contribution in [-0.4, -0.2) is 35.1 Å². The zero-order chi connectivity index (χ0) is 14.7. The molecule has 1 aromatic rings. The molecule has 0 saturated carbocycles. The Morgan fingerprint density at radius 3 is 2.90 bits per heavy atom. The molecule has 2 rings (SSSR count). The molecule has 20 heavy (non-hydrogen) atoms. The third-order valence-electron chi connectivity index (χ3n) is 3.42. The normalized spacial score (nSPS) is 20.5. The lowest BCUT2D eigenvalue weighted by Gasteiger charge is -2.31. The van der Waals surface area contributed by atoms with Crippen molar-refractivity contribution in [1.29, 1.82) is 0 Å². The number of urea groups is 1. The van der Waals surface area contributed by atoms with Crippen LogP contribution < -0.4 is 5.32 Å². The minimum atomic E-state index is -0.833. The summed E-state index contributed by atoms with van der Waals surface area (Å²) in [5.41, 5.74) is 0. The van der Waals surface area contributed by atoms with Gasteiger partial charge in [-0.05, 0) is 31.9 Å². The molecule has 1 aromatic heterocycles. The number of rotatable bonds is 3. The Morgan fingerprint density at radius 1 is 1.55 bits per heavy atom. The minimum absolute atomic E-state index is 0.134. The third-order valence-corrected chi connectivity index (χ3v) is 4.83. The average molecular weight is 317 g/mol. The van der Waals surface area contributed by atoms with Crippen LogP contribution in [0.2, 0.25) is 4.34 Å². The lowest BCUT2D eigenvalue weighted by Crippen LogP contribution is -2.47. The summed E-state index contributed by atoms with van der Waals surface area (Å²) in [4.78, 5) is 25.7. The van der Waals surface area contributed by atoms with Crippen LogP contribution in [0, 0.1) is 5.92 Å². The SMILES string of the molecule is CC(NC(=O)N1CCCC(C(=O)O)C1)c1ccc(Cl)s1. The second-order valence-corrected chi connectivity index (χ2v) is 6.68. The number of likely N-dealkylation sites (tertiary alicyclic amines) is 1. The Kier molecular flexibility index (Phi) is 4.88. The first kappa shape index (κ1) is 15.1. The lowest BCUT2D eigenvalue weighted by molar-refractivity contribution is -0.143. The first-order chi connectivity index (χ1) is 9.47. The highest BCUT2D eigenvalue weighted by atomic mass is 35.5. The number of nitrogens with one attached hydrogen (secondary N) is 1. The molecule has 1 aliphatic rings. The van der Waals surface area contributed by atoms with Crippen molar-refractivity contribution in [2.24, 2.45) is 5.92 Å². The predicted octanol–water partition coefficient (Wildman–Crippen LogP) is 2.97. The highest BCUT2D eigenvalue weighted by molar-refractivity contribution is 7.16. The van der Waals surface area contributed by atoms with Gasteiger partial charge in [-0.1, -0.05) is 11.6 Å². The van der Waals surface area contributed by atoms with E-state index < -0.39 is 11.9 Å². The van der Waals surface area contributed by atoms with E-state index in [1.54, 1.807) is 11.0 Å². The molecule has 2 N–H and O–H groups in total. The molecule has 0 radical (unpaired) electrons. The fourth-order valence-corrected chi connectivity index (χ4v) is 3.34. The van der Waals surface area contributed by atoms with Crippen LogP contribution in [0.15, 0.2) is 12.1 Å². The summed E-state index contributed by atoms with van der Waals surface area (Å²) in [6.07, 6.45) is 1.36. The van der Waals surface area contributed by atoms with Gasteiger partial charge in [-0.15, -0.1) is 11.3 Å². The summed E-state index contributed by atoms with van der Waals surface area (Å²) >= 11 is 7.30. The third kappa shape index (κ3) is 3.64. The van der Waals surface area contributed by atoms with Gasteiger partial charge in [0.25, 0.3) is 0 Å². The summed E-state index contributed by atoms with van der Waals surface area (Å²) in [5.74, 6) is -1.29. The van der Waals surface area contributed by atoms with Crippen molar-refractivity contribution >= 4 is 34.9 Å². The van der Waals surface area contributed by atoms with E-state index in [9.17, 15) is 9.59 Å². The first-order valence-electron chi connectivity index (χ1n) is 6.51. The van der Waals surface area contributed by atoms with Crippen molar-refractivity contribution in [2.75, 3.05) is 13.1 Å². The molecule has 1 fully saturated rings. The second-order valence-electron chi connectivity index (χ2n) is 4.94. The highest BCUT2D eigenvalue weighted by Gasteiger charge is 2.28. The molecule has 0 bridgehead atoms. The zero-order valence-electron chi connectivity index (χ0n) is 11.1.